The topological polar surface area (TPSA) is 73.9 Å². The molecule has 2 N–H and O–H groups in total. The van der Waals surface area contributed by atoms with Gasteiger partial charge in [-0.1, -0.05) is 30.7 Å². The third-order valence-corrected chi connectivity index (χ3v) is 6.06. The van der Waals surface area contributed by atoms with Crippen molar-refractivity contribution >= 4 is 17.6 Å². The summed E-state index contributed by atoms with van der Waals surface area (Å²) in [5.41, 5.74) is 2.38. The lowest BCUT2D eigenvalue weighted by Crippen LogP contribution is -2.40. The Labute approximate surface area is 183 Å². The van der Waals surface area contributed by atoms with Gasteiger partial charge in [-0.25, -0.2) is 4.79 Å². The average molecular weight is 423 g/mol. The van der Waals surface area contributed by atoms with E-state index in [0.29, 0.717) is 25.2 Å². The van der Waals surface area contributed by atoms with Crippen LogP contribution in [0.3, 0.4) is 0 Å². The number of likely N-dealkylation sites (tertiary alicyclic amines) is 1. The van der Waals surface area contributed by atoms with Gasteiger partial charge in [0, 0.05) is 36.4 Å². The van der Waals surface area contributed by atoms with Crippen LogP contribution in [0.25, 0.3) is 0 Å². The number of benzene rings is 2. The van der Waals surface area contributed by atoms with Gasteiger partial charge in [0.15, 0.2) is 0 Å². The van der Waals surface area contributed by atoms with E-state index in [4.69, 9.17) is 4.74 Å². The molecule has 0 saturated carbocycles. The van der Waals surface area contributed by atoms with E-state index < -0.39 is 0 Å². The number of anilines is 1. The number of amides is 3. The maximum absolute atomic E-state index is 13.0. The number of rotatable bonds is 7. The average Bonchev–Trinajstić information content (AvgIpc) is 3.26. The van der Waals surface area contributed by atoms with E-state index >= 15 is 0 Å². The second kappa shape index (κ2) is 9.83. The third kappa shape index (κ3) is 4.82. The lowest BCUT2D eigenvalue weighted by molar-refractivity contribution is 0.0923. The molecule has 7 nitrogen and oxygen atoms in total. The Morgan fingerprint density at radius 1 is 1.10 bits per heavy atom. The van der Waals surface area contributed by atoms with E-state index in [9.17, 15) is 9.59 Å². The van der Waals surface area contributed by atoms with Crippen molar-refractivity contribution in [3.63, 3.8) is 0 Å². The quantitative estimate of drug-likeness (QED) is 0.719. The lowest BCUT2D eigenvalue weighted by atomic mass is 10.0. The number of hydrogen-bond acceptors (Lipinski definition) is 4. The summed E-state index contributed by atoms with van der Waals surface area (Å²) < 4.78 is 5.61. The highest BCUT2D eigenvalue weighted by Gasteiger charge is 2.26. The highest BCUT2D eigenvalue weighted by atomic mass is 16.5. The van der Waals surface area contributed by atoms with Gasteiger partial charge in [-0.2, -0.15) is 0 Å². The van der Waals surface area contributed by atoms with E-state index in [1.165, 1.54) is 19.3 Å². The van der Waals surface area contributed by atoms with Crippen molar-refractivity contribution in [3.8, 4) is 5.75 Å². The number of nitrogens with zero attached hydrogens (tertiary/aromatic N) is 2. The number of piperidine rings is 1. The van der Waals surface area contributed by atoms with Crippen LogP contribution in [-0.4, -0.2) is 56.7 Å². The molecule has 1 unspecified atom stereocenters. The molecule has 2 aliphatic rings. The highest BCUT2D eigenvalue weighted by molar-refractivity contribution is 5.98. The van der Waals surface area contributed by atoms with Crippen molar-refractivity contribution < 1.29 is 14.3 Å². The van der Waals surface area contributed by atoms with Crippen LogP contribution in [0.15, 0.2) is 48.5 Å². The Bertz CT molecular complexity index is 927. The van der Waals surface area contributed by atoms with Crippen LogP contribution < -0.4 is 20.3 Å². The SMILES string of the molecule is COc1ccccc1C(CNC(=O)c1cccc(N2CCNC2=O)c1)N1CCCCC1. The minimum atomic E-state index is -0.140. The van der Waals surface area contributed by atoms with Gasteiger partial charge in [0.25, 0.3) is 5.91 Å². The minimum Gasteiger partial charge on any atom is -0.496 e. The first-order chi connectivity index (χ1) is 15.2. The first kappa shape index (κ1) is 21.2. The summed E-state index contributed by atoms with van der Waals surface area (Å²) in [6.07, 6.45) is 3.58. The number of carbonyl (C=O) groups is 2. The van der Waals surface area contributed by atoms with Crippen molar-refractivity contribution in [3.05, 3.63) is 59.7 Å². The summed E-state index contributed by atoms with van der Waals surface area (Å²) in [7, 11) is 1.69. The molecule has 1 atom stereocenters. The summed E-state index contributed by atoms with van der Waals surface area (Å²) in [5.74, 6) is 0.702. The summed E-state index contributed by atoms with van der Waals surface area (Å²) in [6.45, 7) is 3.74. The molecule has 2 heterocycles. The molecule has 0 aliphatic carbocycles. The van der Waals surface area contributed by atoms with E-state index in [1.54, 1.807) is 24.1 Å². The van der Waals surface area contributed by atoms with Gasteiger partial charge in [-0.15, -0.1) is 0 Å². The van der Waals surface area contributed by atoms with Crippen LogP contribution in [0.5, 0.6) is 5.75 Å². The fourth-order valence-electron chi connectivity index (χ4n) is 4.43. The Morgan fingerprint density at radius 2 is 1.90 bits per heavy atom. The second-order valence-electron chi connectivity index (χ2n) is 8.00. The Kier molecular flexibility index (Phi) is 6.72. The van der Waals surface area contributed by atoms with Crippen LogP contribution in [0, 0.1) is 0 Å². The number of hydrogen-bond donors (Lipinski definition) is 2. The first-order valence-electron chi connectivity index (χ1n) is 11.0. The summed E-state index contributed by atoms with van der Waals surface area (Å²) in [5, 5.41) is 5.91. The summed E-state index contributed by atoms with van der Waals surface area (Å²) >= 11 is 0. The van der Waals surface area contributed by atoms with Gasteiger partial charge in [0.2, 0.25) is 0 Å². The molecule has 3 amide bonds. The number of para-hydroxylation sites is 1. The molecular formula is C24H30N4O3. The van der Waals surface area contributed by atoms with Crippen molar-refractivity contribution in [1.82, 2.24) is 15.5 Å². The highest BCUT2D eigenvalue weighted by Crippen LogP contribution is 2.31. The van der Waals surface area contributed by atoms with Gasteiger partial charge in [0.05, 0.1) is 13.2 Å². The molecule has 0 radical (unpaired) electrons. The number of methoxy groups -OCH3 is 1. The molecule has 7 heteroatoms. The van der Waals surface area contributed by atoms with Crippen LogP contribution in [0.4, 0.5) is 10.5 Å². The molecule has 164 valence electrons. The van der Waals surface area contributed by atoms with Gasteiger partial charge >= 0.3 is 6.03 Å². The minimum absolute atomic E-state index is 0.0490. The van der Waals surface area contributed by atoms with Crippen molar-refractivity contribution in [2.45, 2.75) is 25.3 Å². The van der Waals surface area contributed by atoms with E-state index in [0.717, 1.165) is 30.1 Å². The maximum atomic E-state index is 13.0. The Hall–Kier alpha value is -3.06. The summed E-state index contributed by atoms with van der Waals surface area (Å²) in [6, 6.07) is 15.2. The maximum Gasteiger partial charge on any atom is 0.321 e. The van der Waals surface area contributed by atoms with E-state index in [2.05, 4.69) is 21.6 Å². The number of carbonyl (C=O) groups excluding carboxylic acids is 2. The normalized spacial score (nSPS) is 17.8. The van der Waals surface area contributed by atoms with Gasteiger partial charge in [-0.05, 0) is 50.2 Å². The smallest absolute Gasteiger partial charge is 0.321 e. The van der Waals surface area contributed by atoms with E-state index in [-0.39, 0.29) is 18.0 Å². The first-order valence-corrected chi connectivity index (χ1v) is 11.0. The fraction of sp³-hybridized carbons (Fsp3) is 0.417. The standard InChI is InChI=1S/C24H30N4O3/c1-31-22-11-4-3-10-20(22)21(27-13-5-2-6-14-27)17-26-23(29)18-8-7-9-19(16-18)28-15-12-25-24(28)30/h3-4,7-11,16,21H,2,5-6,12-15,17H2,1H3,(H,25,30)(H,26,29). The fourth-order valence-corrected chi connectivity index (χ4v) is 4.43. The molecule has 2 aromatic rings. The van der Waals surface area contributed by atoms with Gasteiger partial charge in [0.1, 0.15) is 5.75 Å². The third-order valence-electron chi connectivity index (χ3n) is 6.06. The van der Waals surface area contributed by atoms with Gasteiger partial charge in [-0.3, -0.25) is 14.6 Å². The van der Waals surface area contributed by atoms with E-state index in [1.807, 2.05) is 30.3 Å². The second-order valence-corrected chi connectivity index (χ2v) is 8.00. The predicted molar refractivity (Wildman–Crippen MR) is 121 cm³/mol. The lowest BCUT2D eigenvalue weighted by Gasteiger charge is -2.35. The van der Waals surface area contributed by atoms with Crippen LogP contribution >= 0.6 is 0 Å². The van der Waals surface area contributed by atoms with Crippen molar-refractivity contribution in [1.29, 1.82) is 0 Å². The number of urea groups is 1. The van der Waals surface area contributed by atoms with Crippen LogP contribution in [0.1, 0.15) is 41.2 Å². The molecule has 0 aromatic heterocycles. The molecule has 0 spiro atoms. The molecule has 2 saturated heterocycles. The molecule has 2 fully saturated rings. The van der Waals surface area contributed by atoms with Gasteiger partial charge < -0.3 is 15.4 Å². The zero-order chi connectivity index (χ0) is 21.6. The monoisotopic (exact) mass is 422 g/mol. The Morgan fingerprint density at radius 3 is 2.65 bits per heavy atom. The van der Waals surface area contributed by atoms with Crippen LogP contribution in [0.2, 0.25) is 0 Å². The molecule has 31 heavy (non-hydrogen) atoms. The Balaban J connectivity index is 1.50. The zero-order valence-electron chi connectivity index (χ0n) is 18.0. The summed E-state index contributed by atoms with van der Waals surface area (Å²) in [4.78, 5) is 29.0. The van der Waals surface area contributed by atoms with Crippen LogP contribution in [-0.2, 0) is 0 Å². The largest absolute Gasteiger partial charge is 0.496 e. The van der Waals surface area contributed by atoms with Crippen molar-refractivity contribution in [2.75, 3.05) is 44.7 Å². The number of nitrogens with one attached hydrogen (secondary N) is 2. The zero-order valence-corrected chi connectivity index (χ0v) is 18.0. The molecule has 0 bridgehead atoms. The predicted octanol–water partition coefficient (Wildman–Crippen LogP) is 3.18. The molecule has 2 aliphatic heterocycles. The molecular weight excluding hydrogens is 392 g/mol. The molecule has 2 aromatic carbocycles. The molecule has 4 rings (SSSR count). The number of ether oxygens (including phenoxy) is 1. The van der Waals surface area contributed by atoms with Crippen molar-refractivity contribution in [2.24, 2.45) is 0 Å².